The van der Waals surface area contributed by atoms with E-state index in [1.807, 2.05) is 0 Å². The molecular formula is C10H12N2O2. The molecule has 1 unspecified atom stereocenters. The summed E-state index contributed by atoms with van der Waals surface area (Å²) in [5.74, 6) is 0.0973. The third-order valence-corrected chi connectivity index (χ3v) is 2.38. The molecule has 0 bridgehead atoms. The SMILES string of the molecule is O=C(c1cncnc1)C1CCCOC1. The van der Waals surface area contributed by atoms with Crippen LogP contribution in [0.3, 0.4) is 0 Å². The first-order valence-corrected chi connectivity index (χ1v) is 4.75. The Balaban J connectivity index is 2.07. The molecule has 0 amide bonds. The zero-order valence-electron chi connectivity index (χ0n) is 7.85. The van der Waals surface area contributed by atoms with Crippen LogP contribution in [0.15, 0.2) is 18.7 Å². The normalized spacial score (nSPS) is 21.9. The lowest BCUT2D eigenvalue weighted by atomic mass is 9.94. The summed E-state index contributed by atoms with van der Waals surface area (Å²) in [5.41, 5.74) is 0.586. The Bertz CT molecular complexity index is 307. The Hall–Kier alpha value is -1.29. The van der Waals surface area contributed by atoms with Gasteiger partial charge in [0.25, 0.3) is 0 Å². The van der Waals surface area contributed by atoms with E-state index in [1.54, 1.807) is 12.4 Å². The van der Waals surface area contributed by atoms with E-state index < -0.39 is 0 Å². The van der Waals surface area contributed by atoms with Crippen molar-refractivity contribution in [3.63, 3.8) is 0 Å². The van der Waals surface area contributed by atoms with Crippen molar-refractivity contribution >= 4 is 5.78 Å². The molecule has 1 saturated heterocycles. The van der Waals surface area contributed by atoms with E-state index in [9.17, 15) is 4.79 Å². The highest BCUT2D eigenvalue weighted by Crippen LogP contribution is 2.17. The van der Waals surface area contributed by atoms with Gasteiger partial charge in [-0.05, 0) is 12.8 Å². The molecule has 1 aromatic rings. The lowest BCUT2D eigenvalue weighted by Gasteiger charge is -2.20. The summed E-state index contributed by atoms with van der Waals surface area (Å²) >= 11 is 0. The predicted octanol–water partition coefficient (Wildman–Crippen LogP) is 1.09. The van der Waals surface area contributed by atoms with Gasteiger partial charge in [-0.15, -0.1) is 0 Å². The van der Waals surface area contributed by atoms with E-state index >= 15 is 0 Å². The van der Waals surface area contributed by atoms with Gasteiger partial charge >= 0.3 is 0 Å². The molecule has 1 aromatic heterocycles. The molecule has 1 fully saturated rings. The number of aromatic nitrogens is 2. The van der Waals surface area contributed by atoms with E-state index in [0.717, 1.165) is 19.4 Å². The third-order valence-electron chi connectivity index (χ3n) is 2.38. The van der Waals surface area contributed by atoms with Crippen LogP contribution in [-0.2, 0) is 4.74 Å². The Labute approximate surface area is 82.3 Å². The highest BCUT2D eigenvalue weighted by atomic mass is 16.5. The van der Waals surface area contributed by atoms with E-state index in [2.05, 4.69) is 9.97 Å². The molecule has 0 saturated carbocycles. The van der Waals surface area contributed by atoms with Crippen LogP contribution in [0.2, 0.25) is 0 Å². The molecule has 0 spiro atoms. The van der Waals surface area contributed by atoms with Crippen LogP contribution in [0.4, 0.5) is 0 Å². The number of hydrogen-bond acceptors (Lipinski definition) is 4. The molecule has 0 N–H and O–H groups in total. The van der Waals surface area contributed by atoms with E-state index in [1.165, 1.54) is 6.33 Å². The minimum absolute atomic E-state index is 0.00486. The van der Waals surface area contributed by atoms with E-state index in [0.29, 0.717) is 12.2 Å². The van der Waals surface area contributed by atoms with Crippen LogP contribution in [0, 0.1) is 5.92 Å². The molecule has 74 valence electrons. The van der Waals surface area contributed by atoms with Gasteiger partial charge in [-0.2, -0.15) is 0 Å². The number of Topliss-reactive ketones (excluding diaryl/α,β-unsaturated/α-hetero) is 1. The van der Waals surface area contributed by atoms with Crippen LogP contribution in [0.5, 0.6) is 0 Å². The molecule has 0 aliphatic carbocycles. The maximum absolute atomic E-state index is 11.8. The van der Waals surface area contributed by atoms with Crippen molar-refractivity contribution in [3.8, 4) is 0 Å². The molecule has 14 heavy (non-hydrogen) atoms. The highest BCUT2D eigenvalue weighted by Gasteiger charge is 2.23. The first kappa shape index (κ1) is 9.27. The molecule has 1 atom stereocenters. The monoisotopic (exact) mass is 192 g/mol. The molecule has 1 aliphatic rings. The van der Waals surface area contributed by atoms with Crippen molar-refractivity contribution in [2.75, 3.05) is 13.2 Å². The summed E-state index contributed by atoms with van der Waals surface area (Å²) in [6.45, 7) is 1.31. The van der Waals surface area contributed by atoms with Gasteiger partial charge < -0.3 is 4.74 Å². The summed E-state index contributed by atoms with van der Waals surface area (Å²) in [6, 6.07) is 0. The van der Waals surface area contributed by atoms with Crippen LogP contribution >= 0.6 is 0 Å². The first-order valence-electron chi connectivity index (χ1n) is 4.75. The molecular weight excluding hydrogens is 180 g/mol. The highest BCUT2D eigenvalue weighted by molar-refractivity contribution is 5.97. The Morgan fingerprint density at radius 1 is 1.43 bits per heavy atom. The average molecular weight is 192 g/mol. The van der Waals surface area contributed by atoms with Crippen molar-refractivity contribution in [2.45, 2.75) is 12.8 Å². The fraction of sp³-hybridized carbons (Fsp3) is 0.500. The summed E-state index contributed by atoms with van der Waals surface area (Å²) in [4.78, 5) is 19.5. The van der Waals surface area contributed by atoms with E-state index in [-0.39, 0.29) is 11.7 Å². The minimum Gasteiger partial charge on any atom is -0.381 e. The Morgan fingerprint density at radius 3 is 2.86 bits per heavy atom. The molecule has 2 rings (SSSR count). The number of nitrogens with zero attached hydrogens (tertiary/aromatic N) is 2. The van der Waals surface area contributed by atoms with Crippen molar-refractivity contribution in [3.05, 3.63) is 24.3 Å². The molecule has 4 nitrogen and oxygen atoms in total. The second kappa shape index (κ2) is 4.28. The van der Waals surface area contributed by atoms with Crippen LogP contribution in [-0.4, -0.2) is 29.0 Å². The van der Waals surface area contributed by atoms with Crippen molar-refractivity contribution in [1.29, 1.82) is 0 Å². The van der Waals surface area contributed by atoms with Crippen molar-refractivity contribution in [2.24, 2.45) is 5.92 Å². The van der Waals surface area contributed by atoms with Gasteiger partial charge in [-0.3, -0.25) is 4.79 Å². The lowest BCUT2D eigenvalue weighted by Crippen LogP contribution is -2.25. The van der Waals surface area contributed by atoms with Crippen molar-refractivity contribution < 1.29 is 9.53 Å². The second-order valence-corrected chi connectivity index (χ2v) is 3.41. The van der Waals surface area contributed by atoms with Crippen LogP contribution < -0.4 is 0 Å². The van der Waals surface area contributed by atoms with Gasteiger partial charge in [0.1, 0.15) is 6.33 Å². The fourth-order valence-corrected chi connectivity index (χ4v) is 1.61. The van der Waals surface area contributed by atoms with Crippen molar-refractivity contribution in [1.82, 2.24) is 9.97 Å². The third kappa shape index (κ3) is 1.96. The fourth-order valence-electron chi connectivity index (χ4n) is 1.61. The largest absolute Gasteiger partial charge is 0.381 e. The van der Waals surface area contributed by atoms with Crippen LogP contribution in [0.25, 0.3) is 0 Å². The maximum atomic E-state index is 11.8. The summed E-state index contributed by atoms with van der Waals surface area (Å²) < 4.78 is 5.26. The topological polar surface area (TPSA) is 52.1 Å². The zero-order chi connectivity index (χ0) is 9.80. The second-order valence-electron chi connectivity index (χ2n) is 3.41. The predicted molar refractivity (Wildman–Crippen MR) is 49.9 cm³/mol. The van der Waals surface area contributed by atoms with Gasteiger partial charge in [0.2, 0.25) is 0 Å². The van der Waals surface area contributed by atoms with E-state index in [4.69, 9.17) is 4.74 Å². The molecule has 0 aromatic carbocycles. The van der Waals surface area contributed by atoms with Gasteiger partial charge in [0.05, 0.1) is 12.2 Å². The molecule has 1 aliphatic heterocycles. The molecule has 0 radical (unpaired) electrons. The summed E-state index contributed by atoms with van der Waals surface area (Å²) in [6.07, 6.45) is 6.42. The minimum atomic E-state index is -0.00486. The first-order chi connectivity index (χ1) is 6.88. The number of carbonyl (C=O) groups is 1. The number of ether oxygens (including phenoxy) is 1. The average Bonchev–Trinajstić information content (AvgIpc) is 2.30. The number of carbonyl (C=O) groups excluding carboxylic acids is 1. The van der Waals surface area contributed by atoms with Gasteiger partial charge in [0.15, 0.2) is 5.78 Å². The number of hydrogen-bond donors (Lipinski definition) is 0. The zero-order valence-corrected chi connectivity index (χ0v) is 7.85. The smallest absolute Gasteiger partial charge is 0.171 e. The lowest BCUT2D eigenvalue weighted by molar-refractivity contribution is 0.0461. The Morgan fingerprint density at radius 2 is 2.21 bits per heavy atom. The maximum Gasteiger partial charge on any atom is 0.171 e. The number of ketones is 1. The van der Waals surface area contributed by atoms with Crippen LogP contribution in [0.1, 0.15) is 23.2 Å². The summed E-state index contributed by atoms with van der Waals surface area (Å²) in [5, 5.41) is 0. The Kier molecular flexibility index (Phi) is 2.84. The number of rotatable bonds is 2. The molecule has 4 heteroatoms. The van der Waals surface area contributed by atoms with Gasteiger partial charge in [-0.25, -0.2) is 9.97 Å². The quantitative estimate of drug-likeness (QED) is 0.658. The standard InChI is InChI=1S/C10H12N2O2/c13-10(8-2-1-3-14-6-8)9-4-11-7-12-5-9/h4-5,7-8H,1-3,6H2. The van der Waals surface area contributed by atoms with Gasteiger partial charge in [0, 0.05) is 24.9 Å². The summed E-state index contributed by atoms with van der Waals surface area (Å²) in [7, 11) is 0. The van der Waals surface area contributed by atoms with Gasteiger partial charge in [-0.1, -0.05) is 0 Å². The molecule has 2 heterocycles.